The summed E-state index contributed by atoms with van der Waals surface area (Å²) < 4.78 is 0. The van der Waals surface area contributed by atoms with Crippen LogP contribution in [0.3, 0.4) is 0 Å². The van der Waals surface area contributed by atoms with E-state index in [0.29, 0.717) is 0 Å². The Kier molecular flexibility index (Phi) is 4.96. The van der Waals surface area contributed by atoms with Crippen molar-refractivity contribution in [2.75, 3.05) is 13.6 Å². The van der Waals surface area contributed by atoms with Gasteiger partial charge in [-0.15, -0.1) is 0 Å². The molecular weight excluding hydrogens is 216 g/mol. The third-order valence-corrected chi connectivity index (χ3v) is 3.70. The van der Waals surface area contributed by atoms with Gasteiger partial charge >= 0.3 is 0 Å². The van der Waals surface area contributed by atoms with Crippen LogP contribution >= 0.6 is 11.3 Å². The highest BCUT2D eigenvalue weighted by molar-refractivity contribution is 7.07. The quantitative estimate of drug-likeness (QED) is 0.857. The molecule has 0 bridgehead atoms. The average Bonchev–Trinajstić information content (AvgIpc) is 2.65. The molecule has 0 aromatic carbocycles. The Morgan fingerprint density at radius 1 is 1.44 bits per heavy atom. The van der Waals surface area contributed by atoms with E-state index < -0.39 is 0 Å². The van der Waals surface area contributed by atoms with Gasteiger partial charge in [0.2, 0.25) is 0 Å². The van der Waals surface area contributed by atoms with E-state index in [4.69, 9.17) is 5.73 Å². The van der Waals surface area contributed by atoms with E-state index in [1.54, 1.807) is 11.3 Å². The highest BCUT2D eigenvalue weighted by Crippen LogP contribution is 2.20. The van der Waals surface area contributed by atoms with E-state index in [1.165, 1.54) is 5.56 Å². The van der Waals surface area contributed by atoms with Crippen molar-refractivity contribution in [3.05, 3.63) is 22.4 Å². The Morgan fingerprint density at radius 3 is 2.62 bits per heavy atom. The third-order valence-electron chi connectivity index (χ3n) is 2.97. The Bertz CT molecular complexity index is 287. The zero-order valence-corrected chi connectivity index (χ0v) is 11.7. The predicted octanol–water partition coefficient (Wildman–Crippen LogP) is 2.94. The molecule has 0 radical (unpaired) electrons. The minimum atomic E-state index is 0.212. The molecule has 0 aliphatic rings. The lowest BCUT2D eigenvalue weighted by Crippen LogP contribution is -2.37. The number of nitrogens with two attached hydrogens (primary N) is 1. The lowest BCUT2D eigenvalue weighted by atomic mass is 9.85. The van der Waals surface area contributed by atoms with Crippen LogP contribution in [0.5, 0.6) is 0 Å². The van der Waals surface area contributed by atoms with Gasteiger partial charge in [0.1, 0.15) is 0 Å². The number of nitrogens with zero attached hydrogens (tertiary/aromatic N) is 1. The fourth-order valence-corrected chi connectivity index (χ4v) is 2.23. The summed E-state index contributed by atoms with van der Waals surface area (Å²) in [6.07, 6.45) is 1.06. The van der Waals surface area contributed by atoms with Gasteiger partial charge in [-0.3, -0.25) is 0 Å². The molecule has 0 saturated carbocycles. The Morgan fingerprint density at radius 2 is 2.12 bits per heavy atom. The summed E-state index contributed by atoms with van der Waals surface area (Å²) in [6, 6.07) is 2.46. The van der Waals surface area contributed by atoms with Gasteiger partial charge in [0, 0.05) is 12.6 Å². The molecule has 2 nitrogen and oxygen atoms in total. The fourth-order valence-electron chi connectivity index (χ4n) is 1.57. The maximum Gasteiger partial charge on any atom is 0.0238 e. The first-order valence-electron chi connectivity index (χ1n) is 5.85. The summed E-state index contributed by atoms with van der Waals surface area (Å²) >= 11 is 1.76. The summed E-state index contributed by atoms with van der Waals surface area (Å²) in [5, 5.41) is 4.34. The van der Waals surface area contributed by atoms with Gasteiger partial charge in [-0.25, -0.2) is 0 Å². The van der Waals surface area contributed by atoms with Crippen LogP contribution in [-0.4, -0.2) is 24.5 Å². The first-order valence-corrected chi connectivity index (χ1v) is 6.79. The van der Waals surface area contributed by atoms with Crippen LogP contribution in [0, 0.1) is 5.41 Å². The largest absolute Gasteiger partial charge is 0.327 e. The van der Waals surface area contributed by atoms with Crippen molar-refractivity contribution in [3.8, 4) is 0 Å². The minimum Gasteiger partial charge on any atom is -0.327 e. The summed E-state index contributed by atoms with van der Waals surface area (Å²) in [7, 11) is 2.16. The molecular formula is C13H24N2S. The molecule has 16 heavy (non-hydrogen) atoms. The Hall–Kier alpha value is -0.380. The summed E-state index contributed by atoms with van der Waals surface area (Å²) in [4.78, 5) is 2.34. The number of hydrogen-bond donors (Lipinski definition) is 1. The van der Waals surface area contributed by atoms with Crippen LogP contribution in [0.4, 0.5) is 0 Å². The average molecular weight is 240 g/mol. The van der Waals surface area contributed by atoms with Crippen molar-refractivity contribution in [1.82, 2.24) is 4.90 Å². The minimum absolute atomic E-state index is 0.212. The van der Waals surface area contributed by atoms with Crippen molar-refractivity contribution in [2.24, 2.45) is 11.1 Å². The molecule has 1 atom stereocenters. The van der Waals surface area contributed by atoms with Crippen LogP contribution < -0.4 is 5.73 Å². The first kappa shape index (κ1) is 13.7. The maximum atomic E-state index is 6.15. The second kappa shape index (κ2) is 5.80. The molecule has 2 N–H and O–H groups in total. The van der Waals surface area contributed by atoms with Gasteiger partial charge in [0.15, 0.2) is 0 Å². The molecule has 0 amide bonds. The standard InChI is InChI=1S/C13H24N2S/c1-13(2,3)12(14)5-7-15(4)9-11-6-8-16-10-11/h6,8,10,12H,5,7,9,14H2,1-4H3. The zero-order valence-electron chi connectivity index (χ0n) is 10.9. The summed E-state index contributed by atoms with van der Waals surface area (Å²) in [6.45, 7) is 8.71. The molecule has 0 saturated heterocycles. The van der Waals surface area contributed by atoms with E-state index in [0.717, 1.165) is 19.5 Å². The van der Waals surface area contributed by atoms with Crippen molar-refractivity contribution < 1.29 is 0 Å². The Labute approximate surface area is 103 Å². The third kappa shape index (κ3) is 4.64. The molecule has 0 fully saturated rings. The molecule has 0 aliphatic carbocycles. The SMILES string of the molecule is CN(CCC(N)C(C)(C)C)Cc1ccsc1. The van der Waals surface area contributed by atoms with E-state index >= 15 is 0 Å². The summed E-state index contributed by atoms with van der Waals surface area (Å²) in [5.41, 5.74) is 7.76. The van der Waals surface area contributed by atoms with Gasteiger partial charge < -0.3 is 10.6 Å². The van der Waals surface area contributed by atoms with E-state index in [2.05, 4.69) is 49.5 Å². The number of rotatable bonds is 5. The van der Waals surface area contributed by atoms with Crippen molar-refractivity contribution in [2.45, 2.75) is 39.8 Å². The molecule has 1 aromatic rings. The molecule has 3 heteroatoms. The highest BCUT2D eigenvalue weighted by atomic mass is 32.1. The normalized spacial score (nSPS) is 14.4. The van der Waals surface area contributed by atoms with Crippen LogP contribution in [0.2, 0.25) is 0 Å². The van der Waals surface area contributed by atoms with E-state index in [9.17, 15) is 0 Å². The Balaban J connectivity index is 2.28. The van der Waals surface area contributed by atoms with E-state index in [1.807, 2.05) is 0 Å². The van der Waals surface area contributed by atoms with Crippen molar-refractivity contribution >= 4 is 11.3 Å². The molecule has 1 aromatic heterocycles. The van der Waals surface area contributed by atoms with Gasteiger partial charge in [-0.1, -0.05) is 20.8 Å². The maximum absolute atomic E-state index is 6.15. The smallest absolute Gasteiger partial charge is 0.0238 e. The number of thiophene rings is 1. The molecule has 1 heterocycles. The van der Waals surface area contributed by atoms with Crippen molar-refractivity contribution in [3.63, 3.8) is 0 Å². The molecule has 92 valence electrons. The molecule has 0 aliphatic heterocycles. The van der Waals surface area contributed by atoms with Crippen LogP contribution in [-0.2, 0) is 6.54 Å². The molecule has 0 spiro atoms. The monoisotopic (exact) mass is 240 g/mol. The van der Waals surface area contributed by atoms with Gasteiger partial charge in [0.05, 0.1) is 0 Å². The van der Waals surface area contributed by atoms with Gasteiger partial charge in [0.25, 0.3) is 0 Å². The predicted molar refractivity (Wildman–Crippen MR) is 72.7 cm³/mol. The van der Waals surface area contributed by atoms with Crippen molar-refractivity contribution in [1.29, 1.82) is 0 Å². The second-order valence-corrected chi connectivity index (χ2v) is 6.41. The summed E-state index contributed by atoms with van der Waals surface area (Å²) in [5.74, 6) is 0. The highest BCUT2D eigenvalue weighted by Gasteiger charge is 2.20. The van der Waals surface area contributed by atoms with E-state index in [-0.39, 0.29) is 11.5 Å². The molecule has 1 unspecified atom stereocenters. The zero-order chi connectivity index (χ0) is 12.2. The van der Waals surface area contributed by atoms with Gasteiger partial charge in [-0.05, 0) is 47.8 Å². The topological polar surface area (TPSA) is 29.3 Å². The van der Waals surface area contributed by atoms with Crippen LogP contribution in [0.15, 0.2) is 16.8 Å². The lowest BCUT2D eigenvalue weighted by molar-refractivity contribution is 0.251. The number of hydrogen-bond acceptors (Lipinski definition) is 3. The van der Waals surface area contributed by atoms with Gasteiger partial charge in [-0.2, -0.15) is 11.3 Å². The second-order valence-electron chi connectivity index (χ2n) is 5.63. The lowest BCUT2D eigenvalue weighted by Gasteiger charge is -2.28. The first-order chi connectivity index (χ1) is 7.39. The molecule has 1 rings (SSSR count). The fraction of sp³-hybridized carbons (Fsp3) is 0.692. The van der Waals surface area contributed by atoms with Crippen LogP contribution in [0.1, 0.15) is 32.8 Å². The van der Waals surface area contributed by atoms with Crippen LogP contribution in [0.25, 0.3) is 0 Å².